The highest BCUT2D eigenvalue weighted by atomic mass is 19.4. The van der Waals surface area contributed by atoms with E-state index < -0.39 is 11.9 Å². The van der Waals surface area contributed by atoms with Crippen LogP contribution in [0.15, 0.2) is 30.9 Å². The molecule has 3 aromatic rings. The largest absolute Gasteiger partial charge is 0.433 e. The molecule has 0 atom stereocenters. The molecule has 1 aliphatic heterocycles. The van der Waals surface area contributed by atoms with Crippen LogP contribution in [-0.2, 0) is 19.1 Å². The second-order valence-corrected chi connectivity index (χ2v) is 9.08. The fraction of sp³-hybridized carbons (Fsp3) is 0.500. The van der Waals surface area contributed by atoms with Crippen molar-refractivity contribution >= 4 is 11.6 Å². The van der Waals surface area contributed by atoms with Crippen LogP contribution in [0, 0.1) is 0 Å². The van der Waals surface area contributed by atoms with Crippen LogP contribution < -0.4 is 10.6 Å². The van der Waals surface area contributed by atoms with Crippen molar-refractivity contribution in [3.05, 3.63) is 47.9 Å². The van der Waals surface area contributed by atoms with Crippen LogP contribution in [0.5, 0.6) is 0 Å². The summed E-state index contributed by atoms with van der Waals surface area (Å²) in [6.07, 6.45) is 2.52. The number of pyridine rings is 1. The quantitative estimate of drug-likeness (QED) is 0.540. The van der Waals surface area contributed by atoms with Crippen LogP contribution in [0.1, 0.15) is 42.8 Å². The van der Waals surface area contributed by atoms with Gasteiger partial charge in [0.15, 0.2) is 0 Å². The van der Waals surface area contributed by atoms with Gasteiger partial charge in [0.2, 0.25) is 0 Å². The van der Waals surface area contributed by atoms with E-state index in [-0.39, 0.29) is 5.92 Å². The molecule has 0 bridgehead atoms. The highest BCUT2D eigenvalue weighted by molar-refractivity contribution is 5.59. The van der Waals surface area contributed by atoms with E-state index in [2.05, 4.69) is 29.3 Å². The second-order valence-electron chi connectivity index (χ2n) is 9.08. The van der Waals surface area contributed by atoms with Gasteiger partial charge in [-0.05, 0) is 45.5 Å². The number of nitrogen functional groups attached to an aromatic ring is 1. The van der Waals surface area contributed by atoms with Crippen molar-refractivity contribution in [3.8, 4) is 11.3 Å². The maximum Gasteiger partial charge on any atom is 0.433 e. The average Bonchev–Trinajstić information content (AvgIpc) is 3.26. The molecule has 0 aliphatic carbocycles. The van der Waals surface area contributed by atoms with E-state index in [1.807, 2.05) is 27.2 Å². The molecule has 188 valence electrons. The Hall–Kier alpha value is -3.21. The van der Waals surface area contributed by atoms with E-state index in [1.165, 1.54) is 12.5 Å². The van der Waals surface area contributed by atoms with E-state index in [1.54, 1.807) is 6.07 Å². The zero-order chi connectivity index (χ0) is 25.2. The lowest BCUT2D eigenvalue weighted by atomic mass is 9.95. The summed E-state index contributed by atoms with van der Waals surface area (Å²) in [5, 5.41) is 0. The molecule has 11 heteroatoms. The Morgan fingerprint density at radius 2 is 1.89 bits per heavy atom. The highest BCUT2D eigenvalue weighted by Gasteiger charge is 2.33. The number of nitrogens with zero attached hydrogens (tertiary/aromatic N) is 7. The molecule has 1 fully saturated rings. The Kier molecular flexibility index (Phi) is 7.25. The first kappa shape index (κ1) is 24.9. The van der Waals surface area contributed by atoms with Gasteiger partial charge in [-0.2, -0.15) is 13.2 Å². The lowest BCUT2D eigenvalue weighted by Crippen LogP contribution is -2.35. The first-order chi connectivity index (χ1) is 16.7. The smallest absolute Gasteiger partial charge is 0.383 e. The molecule has 8 nitrogen and oxygen atoms in total. The van der Waals surface area contributed by atoms with E-state index >= 15 is 0 Å². The SMILES string of the molecule is CCc1c(N)ncnc1N1CCC(c2nc(-c3ccnc(C(F)(F)F)c3)cn2CCN(C)C)CC1. The molecular formula is C24H31F3N8. The molecule has 4 heterocycles. The number of rotatable bonds is 7. The monoisotopic (exact) mass is 488 g/mol. The maximum atomic E-state index is 13.2. The third kappa shape index (κ3) is 5.55. The summed E-state index contributed by atoms with van der Waals surface area (Å²) >= 11 is 0. The van der Waals surface area contributed by atoms with Crippen LogP contribution >= 0.6 is 0 Å². The van der Waals surface area contributed by atoms with Gasteiger partial charge >= 0.3 is 6.18 Å². The number of alkyl halides is 3. The molecule has 0 unspecified atom stereocenters. The number of likely N-dealkylation sites (N-methyl/N-ethyl adjacent to an activating group) is 1. The molecule has 0 aromatic carbocycles. The molecule has 0 saturated carbocycles. The molecule has 4 rings (SSSR count). The standard InChI is InChI=1S/C24H31F3N8/c1-4-18-21(28)30-15-31-23(18)34-9-6-16(7-10-34)22-32-19(14-35(22)12-11-33(2)3)17-5-8-29-20(13-17)24(25,26)27/h5,8,13-16H,4,6-7,9-12H2,1-3H3,(H2,28,30,31). The first-order valence-corrected chi connectivity index (χ1v) is 11.8. The molecule has 0 spiro atoms. The normalized spacial score (nSPS) is 15.2. The summed E-state index contributed by atoms with van der Waals surface area (Å²) in [6, 6.07) is 2.64. The summed E-state index contributed by atoms with van der Waals surface area (Å²) in [5.74, 6) is 2.49. The zero-order valence-electron chi connectivity index (χ0n) is 20.3. The fourth-order valence-electron chi connectivity index (χ4n) is 4.50. The number of halogens is 3. The minimum atomic E-state index is -4.50. The van der Waals surface area contributed by atoms with Gasteiger partial charge in [-0.3, -0.25) is 4.98 Å². The van der Waals surface area contributed by atoms with Crippen molar-refractivity contribution in [2.24, 2.45) is 0 Å². The van der Waals surface area contributed by atoms with E-state index in [9.17, 15) is 13.2 Å². The summed E-state index contributed by atoms with van der Waals surface area (Å²) < 4.78 is 41.7. The third-order valence-electron chi connectivity index (χ3n) is 6.41. The summed E-state index contributed by atoms with van der Waals surface area (Å²) in [4.78, 5) is 21.2. The Morgan fingerprint density at radius 1 is 1.14 bits per heavy atom. The molecule has 1 saturated heterocycles. The second kappa shape index (κ2) is 10.2. The summed E-state index contributed by atoms with van der Waals surface area (Å²) in [6.45, 7) is 5.12. The first-order valence-electron chi connectivity index (χ1n) is 11.8. The molecule has 3 aromatic heterocycles. The molecule has 35 heavy (non-hydrogen) atoms. The van der Waals surface area contributed by atoms with Gasteiger partial charge in [0.25, 0.3) is 0 Å². The number of hydrogen-bond acceptors (Lipinski definition) is 7. The van der Waals surface area contributed by atoms with Gasteiger partial charge in [-0.15, -0.1) is 0 Å². The van der Waals surface area contributed by atoms with Crippen molar-refractivity contribution in [2.75, 3.05) is 44.4 Å². The minimum absolute atomic E-state index is 0.190. The van der Waals surface area contributed by atoms with Gasteiger partial charge in [0.1, 0.15) is 29.5 Å². The lowest BCUT2D eigenvalue weighted by Gasteiger charge is -2.33. The van der Waals surface area contributed by atoms with Crippen molar-refractivity contribution in [2.45, 2.75) is 44.8 Å². The summed E-state index contributed by atoms with van der Waals surface area (Å²) in [7, 11) is 3.99. The van der Waals surface area contributed by atoms with Crippen LogP contribution in [-0.4, -0.2) is 63.1 Å². The molecule has 1 aliphatic rings. The van der Waals surface area contributed by atoms with Crippen molar-refractivity contribution in [1.82, 2.24) is 29.4 Å². The molecule has 0 radical (unpaired) electrons. The van der Waals surface area contributed by atoms with Crippen molar-refractivity contribution in [1.29, 1.82) is 0 Å². The Balaban J connectivity index is 1.59. The van der Waals surface area contributed by atoms with E-state index in [0.29, 0.717) is 23.6 Å². The number of piperidine rings is 1. The minimum Gasteiger partial charge on any atom is -0.383 e. The number of nitrogens with two attached hydrogens (primary N) is 1. The fourth-order valence-corrected chi connectivity index (χ4v) is 4.50. The van der Waals surface area contributed by atoms with Gasteiger partial charge in [0, 0.05) is 55.6 Å². The Bertz CT molecular complexity index is 1150. The highest BCUT2D eigenvalue weighted by Crippen LogP contribution is 2.34. The van der Waals surface area contributed by atoms with E-state index in [0.717, 1.165) is 62.2 Å². The van der Waals surface area contributed by atoms with Gasteiger partial charge < -0.3 is 20.1 Å². The molecule has 0 amide bonds. The summed E-state index contributed by atoms with van der Waals surface area (Å²) in [5.41, 5.74) is 7.05. The van der Waals surface area contributed by atoms with Gasteiger partial charge in [0.05, 0.1) is 5.69 Å². The number of anilines is 2. The van der Waals surface area contributed by atoms with Crippen molar-refractivity contribution in [3.63, 3.8) is 0 Å². The van der Waals surface area contributed by atoms with Crippen molar-refractivity contribution < 1.29 is 13.2 Å². The lowest BCUT2D eigenvalue weighted by molar-refractivity contribution is -0.141. The molecule has 2 N–H and O–H groups in total. The topological polar surface area (TPSA) is 89.0 Å². The van der Waals surface area contributed by atoms with Gasteiger partial charge in [-0.1, -0.05) is 6.92 Å². The van der Waals surface area contributed by atoms with Crippen LogP contribution in [0.2, 0.25) is 0 Å². The van der Waals surface area contributed by atoms with Crippen LogP contribution in [0.4, 0.5) is 24.8 Å². The average molecular weight is 489 g/mol. The number of aromatic nitrogens is 5. The predicted molar refractivity (Wildman–Crippen MR) is 129 cm³/mol. The zero-order valence-corrected chi connectivity index (χ0v) is 20.3. The van der Waals surface area contributed by atoms with Gasteiger partial charge in [-0.25, -0.2) is 15.0 Å². The van der Waals surface area contributed by atoms with E-state index in [4.69, 9.17) is 10.7 Å². The molecular weight excluding hydrogens is 457 g/mol. The predicted octanol–water partition coefficient (Wildman–Crippen LogP) is 3.84. The van der Waals surface area contributed by atoms with Crippen LogP contribution in [0.25, 0.3) is 11.3 Å². The Morgan fingerprint density at radius 3 is 2.54 bits per heavy atom. The number of hydrogen-bond donors (Lipinski definition) is 1. The Labute approximate surface area is 203 Å². The maximum absolute atomic E-state index is 13.2. The van der Waals surface area contributed by atoms with Crippen LogP contribution in [0.3, 0.4) is 0 Å². The third-order valence-corrected chi connectivity index (χ3v) is 6.41. The number of imidazole rings is 1.